The third-order valence-corrected chi connectivity index (χ3v) is 5.97. The standard InChI is InChI=1S/C25H26N2O6/c1-3-32-16-12-13-19(21(14-16)27(30)31)26-20-9-7-10-22(28)25(20)18(15-24(26)29)17-8-5-6-11-23(17)33-4-2/h5-6,8,11-14,18H,3-4,7,9-10,15H2,1-2H3. The molecule has 8 heteroatoms. The number of nitro benzene ring substituents is 1. The minimum Gasteiger partial charge on any atom is -0.494 e. The molecular weight excluding hydrogens is 424 g/mol. The fourth-order valence-corrected chi connectivity index (χ4v) is 4.69. The molecule has 0 saturated heterocycles. The van der Waals surface area contributed by atoms with Gasteiger partial charge in [-0.25, -0.2) is 0 Å². The molecule has 0 spiro atoms. The molecule has 1 amide bonds. The maximum atomic E-state index is 13.5. The van der Waals surface area contributed by atoms with E-state index in [1.165, 1.54) is 17.0 Å². The van der Waals surface area contributed by atoms with Gasteiger partial charge in [0.05, 0.1) is 24.2 Å². The van der Waals surface area contributed by atoms with Gasteiger partial charge in [-0.05, 0) is 44.9 Å². The van der Waals surface area contributed by atoms with Gasteiger partial charge in [0.2, 0.25) is 5.91 Å². The molecule has 1 atom stereocenters. The Bertz CT molecular complexity index is 1140. The molecule has 0 bridgehead atoms. The van der Waals surface area contributed by atoms with Crippen molar-refractivity contribution in [3.63, 3.8) is 0 Å². The lowest BCUT2D eigenvalue weighted by Gasteiger charge is -2.38. The zero-order valence-electron chi connectivity index (χ0n) is 18.7. The number of hydrogen-bond acceptors (Lipinski definition) is 6. The highest BCUT2D eigenvalue weighted by molar-refractivity contribution is 6.08. The first kappa shape index (κ1) is 22.5. The molecule has 4 rings (SSSR count). The Balaban J connectivity index is 1.88. The van der Waals surface area contributed by atoms with Crippen LogP contribution >= 0.6 is 0 Å². The van der Waals surface area contributed by atoms with E-state index in [1.54, 1.807) is 13.0 Å². The summed E-state index contributed by atoms with van der Waals surface area (Å²) in [5, 5.41) is 11.9. The number of nitro groups is 1. The second kappa shape index (κ2) is 9.44. The van der Waals surface area contributed by atoms with Gasteiger partial charge < -0.3 is 9.47 Å². The monoisotopic (exact) mass is 450 g/mol. The van der Waals surface area contributed by atoms with E-state index >= 15 is 0 Å². The van der Waals surface area contributed by atoms with Gasteiger partial charge in [0.1, 0.15) is 17.2 Å². The van der Waals surface area contributed by atoms with E-state index in [0.717, 1.165) is 5.56 Å². The minimum absolute atomic E-state index is 0.0268. The molecular formula is C25H26N2O6. The van der Waals surface area contributed by atoms with Gasteiger partial charge in [0.15, 0.2) is 5.78 Å². The molecule has 1 aliphatic carbocycles. The molecule has 0 N–H and O–H groups in total. The Kier molecular flexibility index (Phi) is 6.44. The number of para-hydroxylation sites is 1. The number of Topliss-reactive ketones (excluding diaryl/α,β-unsaturated/α-hetero) is 1. The summed E-state index contributed by atoms with van der Waals surface area (Å²) in [6.07, 6.45) is 1.50. The van der Waals surface area contributed by atoms with Crippen LogP contribution in [0.4, 0.5) is 11.4 Å². The predicted octanol–water partition coefficient (Wildman–Crippen LogP) is 4.92. The predicted molar refractivity (Wildman–Crippen MR) is 123 cm³/mol. The first-order valence-corrected chi connectivity index (χ1v) is 11.2. The van der Waals surface area contributed by atoms with Gasteiger partial charge in [0, 0.05) is 35.6 Å². The van der Waals surface area contributed by atoms with Gasteiger partial charge in [-0.15, -0.1) is 0 Å². The summed E-state index contributed by atoms with van der Waals surface area (Å²) in [7, 11) is 0. The van der Waals surface area contributed by atoms with Gasteiger partial charge in [0.25, 0.3) is 5.69 Å². The van der Waals surface area contributed by atoms with Crippen molar-refractivity contribution >= 4 is 23.1 Å². The summed E-state index contributed by atoms with van der Waals surface area (Å²) in [6, 6.07) is 11.9. The summed E-state index contributed by atoms with van der Waals surface area (Å²) in [5.41, 5.74) is 1.82. The Morgan fingerprint density at radius 2 is 1.82 bits per heavy atom. The van der Waals surface area contributed by atoms with Crippen LogP contribution in [0.3, 0.4) is 0 Å². The Hall–Kier alpha value is -3.68. The van der Waals surface area contributed by atoms with Crippen LogP contribution in [0.1, 0.15) is 51.0 Å². The number of rotatable bonds is 7. The van der Waals surface area contributed by atoms with Crippen molar-refractivity contribution in [2.75, 3.05) is 18.1 Å². The number of carbonyl (C=O) groups is 2. The number of benzene rings is 2. The molecule has 33 heavy (non-hydrogen) atoms. The first-order valence-electron chi connectivity index (χ1n) is 11.2. The van der Waals surface area contributed by atoms with E-state index < -0.39 is 10.8 Å². The second-order valence-electron chi connectivity index (χ2n) is 7.93. The summed E-state index contributed by atoms with van der Waals surface area (Å²) < 4.78 is 11.2. The fraction of sp³-hybridized carbons (Fsp3) is 0.360. The normalized spacial score (nSPS) is 18.2. The highest BCUT2D eigenvalue weighted by Crippen LogP contribution is 2.47. The molecule has 0 radical (unpaired) electrons. The van der Waals surface area contributed by atoms with Crippen molar-refractivity contribution < 1.29 is 24.0 Å². The fourth-order valence-electron chi connectivity index (χ4n) is 4.69. The molecule has 0 fully saturated rings. The average Bonchev–Trinajstić information content (AvgIpc) is 2.80. The highest BCUT2D eigenvalue weighted by Gasteiger charge is 2.42. The maximum absolute atomic E-state index is 13.5. The number of ketones is 1. The molecule has 2 aliphatic rings. The van der Waals surface area contributed by atoms with Crippen molar-refractivity contribution in [1.82, 2.24) is 0 Å². The minimum atomic E-state index is -0.521. The molecule has 2 aromatic rings. The lowest BCUT2D eigenvalue weighted by molar-refractivity contribution is -0.384. The quantitative estimate of drug-likeness (QED) is 0.439. The summed E-state index contributed by atoms with van der Waals surface area (Å²) in [6.45, 7) is 4.50. The summed E-state index contributed by atoms with van der Waals surface area (Å²) >= 11 is 0. The van der Waals surface area contributed by atoms with Crippen molar-refractivity contribution in [2.24, 2.45) is 0 Å². The van der Waals surface area contributed by atoms with E-state index in [4.69, 9.17) is 9.47 Å². The molecule has 2 aromatic carbocycles. The van der Waals surface area contributed by atoms with Crippen molar-refractivity contribution in [2.45, 2.75) is 45.4 Å². The van der Waals surface area contributed by atoms with Crippen LogP contribution in [0, 0.1) is 10.1 Å². The lowest BCUT2D eigenvalue weighted by atomic mass is 9.77. The van der Waals surface area contributed by atoms with Crippen LogP contribution < -0.4 is 14.4 Å². The van der Waals surface area contributed by atoms with Gasteiger partial charge in [-0.2, -0.15) is 0 Å². The Morgan fingerprint density at radius 3 is 2.55 bits per heavy atom. The largest absolute Gasteiger partial charge is 0.494 e. The molecule has 1 aliphatic heterocycles. The third kappa shape index (κ3) is 4.20. The van der Waals surface area contributed by atoms with E-state index in [2.05, 4.69) is 0 Å². The Labute approximate surface area is 191 Å². The van der Waals surface area contributed by atoms with Crippen molar-refractivity contribution in [3.8, 4) is 11.5 Å². The highest BCUT2D eigenvalue weighted by atomic mass is 16.6. The number of ether oxygens (including phenoxy) is 2. The van der Waals surface area contributed by atoms with Crippen LogP contribution in [-0.2, 0) is 9.59 Å². The van der Waals surface area contributed by atoms with Crippen LogP contribution in [0.5, 0.6) is 11.5 Å². The van der Waals surface area contributed by atoms with Gasteiger partial charge in [-0.3, -0.25) is 24.6 Å². The topological polar surface area (TPSA) is 99.0 Å². The number of nitrogens with zero attached hydrogens (tertiary/aromatic N) is 2. The average molecular weight is 450 g/mol. The zero-order chi connectivity index (χ0) is 23.5. The van der Waals surface area contributed by atoms with Gasteiger partial charge >= 0.3 is 0 Å². The number of amides is 1. The first-order chi connectivity index (χ1) is 16.0. The molecule has 172 valence electrons. The molecule has 1 heterocycles. The van der Waals surface area contributed by atoms with E-state index in [9.17, 15) is 19.7 Å². The maximum Gasteiger partial charge on any atom is 0.297 e. The van der Waals surface area contributed by atoms with Crippen LogP contribution in [-0.4, -0.2) is 29.8 Å². The van der Waals surface area contributed by atoms with Crippen LogP contribution in [0.15, 0.2) is 53.7 Å². The van der Waals surface area contributed by atoms with Gasteiger partial charge in [-0.1, -0.05) is 18.2 Å². The number of anilines is 1. The van der Waals surface area contributed by atoms with Crippen molar-refractivity contribution in [3.05, 3.63) is 69.4 Å². The van der Waals surface area contributed by atoms with E-state index in [-0.39, 0.29) is 29.5 Å². The lowest BCUT2D eigenvalue weighted by Crippen LogP contribution is -2.41. The van der Waals surface area contributed by atoms with Crippen LogP contribution in [0.2, 0.25) is 0 Å². The SMILES string of the molecule is CCOc1ccc(N2C(=O)CC(c3ccccc3OCC)C3=C2CCCC3=O)c([N+](=O)[O-])c1. The van der Waals surface area contributed by atoms with Crippen LogP contribution in [0.25, 0.3) is 0 Å². The molecule has 1 unspecified atom stereocenters. The molecule has 0 aromatic heterocycles. The smallest absolute Gasteiger partial charge is 0.297 e. The second-order valence-corrected chi connectivity index (χ2v) is 7.93. The van der Waals surface area contributed by atoms with E-state index in [1.807, 2.05) is 31.2 Å². The van der Waals surface area contributed by atoms with Crippen molar-refractivity contribution in [1.29, 1.82) is 0 Å². The molecule has 8 nitrogen and oxygen atoms in total. The Morgan fingerprint density at radius 1 is 1.06 bits per heavy atom. The summed E-state index contributed by atoms with van der Waals surface area (Å²) in [5.74, 6) is 0.241. The number of allylic oxidation sites excluding steroid dienone is 2. The number of hydrogen-bond donors (Lipinski definition) is 0. The number of carbonyl (C=O) groups excluding carboxylic acids is 2. The third-order valence-electron chi connectivity index (χ3n) is 5.97. The van der Waals surface area contributed by atoms with E-state index in [0.29, 0.717) is 55.2 Å². The summed E-state index contributed by atoms with van der Waals surface area (Å²) in [4.78, 5) is 39.3. The molecule has 0 saturated carbocycles. The zero-order valence-corrected chi connectivity index (χ0v) is 18.7.